The molecule has 0 N–H and O–H groups in total. The topological polar surface area (TPSA) is 78.5 Å². The predicted molar refractivity (Wildman–Crippen MR) is 134 cm³/mol. The highest BCUT2D eigenvalue weighted by molar-refractivity contribution is 7.99. The SMILES string of the molecule is COc1ccc(F)cc1C(=O)CSc1nnc2n(-c3cc(C)ccc3C)c(=O)c3ccccc3n12. The summed E-state index contributed by atoms with van der Waals surface area (Å²) in [5.41, 5.74) is 3.23. The van der Waals surface area contributed by atoms with E-state index in [0.717, 1.165) is 34.6 Å². The Morgan fingerprint density at radius 3 is 2.66 bits per heavy atom. The van der Waals surface area contributed by atoms with Gasteiger partial charge in [-0.25, -0.2) is 8.96 Å². The Balaban J connectivity index is 1.64. The first-order valence-corrected chi connectivity index (χ1v) is 11.8. The Morgan fingerprint density at radius 2 is 1.86 bits per heavy atom. The summed E-state index contributed by atoms with van der Waals surface area (Å²) >= 11 is 1.16. The van der Waals surface area contributed by atoms with E-state index < -0.39 is 5.82 Å². The van der Waals surface area contributed by atoms with Crippen molar-refractivity contribution in [2.45, 2.75) is 19.0 Å². The van der Waals surface area contributed by atoms with Crippen LogP contribution < -0.4 is 10.3 Å². The van der Waals surface area contributed by atoms with E-state index in [0.29, 0.717) is 27.6 Å². The average Bonchev–Trinajstić information content (AvgIpc) is 3.28. The van der Waals surface area contributed by atoms with Gasteiger partial charge in [0, 0.05) is 0 Å². The summed E-state index contributed by atoms with van der Waals surface area (Å²) in [6.07, 6.45) is 0. The standard InChI is InChI=1S/C26H21FN4O3S/c1-15-8-9-16(2)21(12-15)30-24(33)18-6-4-5-7-20(18)31-25(30)28-29-26(31)35-14-22(32)19-13-17(27)10-11-23(19)34-3/h4-13H,14H2,1-3H3. The van der Waals surface area contributed by atoms with Crippen molar-refractivity contribution in [1.82, 2.24) is 19.2 Å². The number of halogens is 1. The molecule has 176 valence electrons. The largest absolute Gasteiger partial charge is 0.496 e. The molecular formula is C26H21FN4O3S. The molecule has 9 heteroatoms. The van der Waals surface area contributed by atoms with E-state index in [2.05, 4.69) is 10.2 Å². The van der Waals surface area contributed by atoms with Gasteiger partial charge in [0.1, 0.15) is 11.6 Å². The summed E-state index contributed by atoms with van der Waals surface area (Å²) in [5.74, 6) is -0.193. The van der Waals surface area contributed by atoms with Crippen LogP contribution in [0.5, 0.6) is 5.75 Å². The van der Waals surface area contributed by atoms with Crippen LogP contribution in [0.4, 0.5) is 4.39 Å². The number of fused-ring (bicyclic) bond motifs is 3. The summed E-state index contributed by atoms with van der Waals surface area (Å²) in [4.78, 5) is 26.5. The fourth-order valence-corrected chi connectivity index (χ4v) is 4.88. The minimum atomic E-state index is -0.518. The van der Waals surface area contributed by atoms with E-state index in [1.165, 1.54) is 19.2 Å². The second-order valence-electron chi connectivity index (χ2n) is 8.12. The summed E-state index contributed by atoms with van der Waals surface area (Å²) in [7, 11) is 1.43. The molecule has 7 nitrogen and oxygen atoms in total. The van der Waals surface area contributed by atoms with E-state index in [9.17, 15) is 14.0 Å². The van der Waals surface area contributed by atoms with Crippen LogP contribution in [-0.4, -0.2) is 37.8 Å². The maximum absolute atomic E-state index is 13.8. The molecule has 0 aliphatic carbocycles. The Labute approximate surface area is 204 Å². The average molecular weight is 489 g/mol. The van der Waals surface area contributed by atoms with Crippen LogP contribution in [0.3, 0.4) is 0 Å². The molecule has 0 fully saturated rings. The third-order valence-corrected chi connectivity index (χ3v) is 6.72. The minimum Gasteiger partial charge on any atom is -0.496 e. The number of Topliss-reactive ketones (excluding diaryl/α,β-unsaturated/α-hetero) is 1. The van der Waals surface area contributed by atoms with E-state index in [-0.39, 0.29) is 22.7 Å². The zero-order valence-electron chi connectivity index (χ0n) is 19.3. The predicted octanol–water partition coefficient (Wildman–Crippen LogP) is 4.77. The van der Waals surface area contributed by atoms with Gasteiger partial charge in [-0.3, -0.25) is 14.0 Å². The van der Waals surface area contributed by atoms with Crippen LogP contribution >= 0.6 is 11.8 Å². The van der Waals surface area contributed by atoms with Crippen molar-refractivity contribution in [3.63, 3.8) is 0 Å². The number of aryl methyl sites for hydroxylation is 2. The van der Waals surface area contributed by atoms with Crippen LogP contribution in [0.1, 0.15) is 21.5 Å². The molecule has 0 saturated carbocycles. The Bertz CT molecular complexity index is 1680. The molecule has 2 aromatic heterocycles. The van der Waals surface area contributed by atoms with Crippen molar-refractivity contribution >= 4 is 34.2 Å². The van der Waals surface area contributed by atoms with Gasteiger partial charge in [-0.05, 0) is 61.4 Å². The Hall–Kier alpha value is -3.98. The van der Waals surface area contributed by atoms with Crippen molar-refractivity contribution in [1.29, 1.82) is 0 Å². The normalized spacial score (nSPS) is 11.3. The van der Waals surface area contributed by atoms with Crippen molar-refractivity contribution in [3.8, 4) is 11.4 Å². The molecule has 0 unspecified atom stereocenters. The van der Waals surface area contributed by atoms with Gasteiger partial charge in [0.05, 0.1) is 35.0 Å². The molecule has 0 spiro atoms. The van der Waals surface area contributed by atoms with Crippen molar-refractivity contribution < 1.29 is 13.9 Å². The molecule has 5 rings (SSSR count). The number of methoxy groups -OCH3 is 1. The number of para-hydroxylation sites is 1. The number of rotatable bonds is 6. The van der Waals surface area contributed by atoms with Crippen LogP contribution in [0.25, 0.3) is 22.4 Å². The fourth-order valence-electron chi connectivity index (χ4n) is 4.06. The number of hydrogen-bond donors (Lipinski definition) is 0. The number of carbonyl (C=O) groups is 1. The van der Waals surface area contributed by atoms with Gasteiger partial charge in [-0.1, -0.05) is 36.0 Å². The van der Waals surface area contributed by atoms with Crippen LogP contribution in [0.15, 0.2) is 70.6 Å². The van der Waals surface area contributed by atoms with Crippen LogP contribution in [0, 0.1) is 19.7 Å². The maximum Gasteiger partial charge on any atom is 0.267 e. The van der Waals surface area contributed by atoms with Crippen LogP contribution in [0.2, 0.25) is 0 Å². The lowest BCUT2D eigenvalue weighted by Crippen LogP contribution is -2.22. The summed E-state index contributed by atoms with van der Waals surface area (Å²) in [5, 5.41) is 9.59. The molecule has 2 heterocycles. The third kappa shape index (κ3) is 3.97. The molecule has 0 aliphatic heterocycles. The first-order chi connectivity index (χ1) is 16.9. The summed E-state index contributed by atoms with van der Waals surface area (Å²) in [6.45, 7) is 3.90. The first-order valence-electron chi connectivity index (χ1n) is 10.8. The van der Waals surface area contributed by atoms with Gasteiger partial charge in [-0.2, -0.15) is 0 Å². The highest BCUT2D eigenvalue weighted by atomic mass is 32.2. The zero-order valence-corrected chi connectivity index (χ0v) is 20.1. The number of ketones is 1. The third-order valence-electron chi connectivity index (χ3n) is 5.79. The molecule has 0 radical (unpaired) electrons. The number of nitrogens with zero attached hydrogens (tertiary/aromatic N) is 4. The van der Waals surface area contributed by atoms with Gasteiger partial charge in [-0.15, -0.1) is 10.2 Å². The number of ether oxygens (including phenoxy) is 1. The Morgan fingerprint density at radius 1 is 1.06 bits per heavy atom. The molecule has 0 atom stereocenters. The summed E-state index contributed by atoms with van der Waals surface area (Å²) in [6, 6.07) is 16.9. The van der Waals surface area contributed by atoms with Gasteiger partial charge < -0.3 is 4.74 Å². The highest BCUT2D eigenvalue weighted by Gasteiger charge is 2.21. The second kappa shape index (κ2) is 8.99. The maximum atomic E-state index is 13.8. The molecular weight excluding hydrogens is 467 g/mol. The minimum absolute atomic E-state index is 0.0163. The molecule has 0 amide bonds. The monoisotopic (exact) mass is 488 g/mol. The van der Waals surface area contributed by atoms with E-state index >= 15 is 0 Å². The lowest BCUT2D eigenvalue weighted by Gasteiger charge is -2.14. The van der Waals surface area contributed by atoms with Gasteiger partial charge in [0.2, 0.25) is 5.78 Å². The van der Waals surface area contributed by atoms with E-state index in [1.54, 1.807) is 21.1 Å². The lowest BCUT2D eigenvalue weighted by atomic mass is 10.1. The van der Waals surface area contributed by atoms with Gasteiger partial charge in [0.25, 0.3) is 5.56 Å². The van der Waals surface area contributed by atoms with Gasteiger partial charge in [0.15, 0.2) is 10.9 Å². The molecule has 35 heavy (non-hydrogen) atoms. The molecule has 0 saturated heterocycles. The first kappa shape index (κ1) is 22.8. The summed E-state index contributed by atoms with van der Waals surface area (Å²) < 4.78 is 22.3. The molecule has 5 aromatic rings. The Kier molecular flexibility index (Phi) is 5.86. The number of benzene rings is 3. The number of aromatic nitrogens is 4. The molecule has 0 bridgehead atoms. The number of carbonyl (C=O) groups excluding carboxylic acids is 1. The highest BCUT2D eigenvalue weighted by Crippen LogP contribution is 2.27. The smallest absolute Gasteiger partial charge is 0.267 e. The fraction of sp³-hybridized carbons (Fsp3) is 0.154. The lowest BCUT2D eigenvalue weighted by molar-refractivity contribution is 0.101. The number of hydrogen-bond acceptors (Lipinski definition) is 6. The van der Waals surface area contributed by atoms with E-state index in [4.69, 9.17) is 4.74 Å². The quantitative estimate of drug-likeness (QED) is 0.253. The molecule has 0 aliphatic rings. The van der Waals surface area contributed by atoms with E-state index in [1.807, 2.05) is 44.2 Å². The van der Waals surface area contributed by atoms with Crippen molar-refractivity contribution in [2.24, 2.45) is 0 Å². The van der Waals surface area contributed by atoms with Gasteiger partial charge >= 0.3 is 0 Å². The van der Waals surface area contributed by atoms with Crippen LogP contribution in [-0.2, 0) is 0 Å². The molecule has 3 aromatic carbocycles. The zero-order chi connectivity index (χ0) is 24.7. The van der Waals surface area contributed by atoms with Crippen molar-refractivity contribution in [3.05, 3.63) is 93.5 Å². The second-order valence-corrected chi connectivity index (χ2v) is 9.06. The number of thioether (sulfide) groups is 1. The van der Waals surface area contributed by atoms with Crippen molar-refractivity contribution in [2.75, 3.05) is 12.9 Å².